The van der Waals surface area contributed by atoms with Gasteiger partial charge in [0.1, 0.15) is 13.2 Å². The Hall–Kier alpha value is -1.28. The predicted octanol–water partition coefficient (Wildman–Crippen LogP) is 13.2. The van der Waals surface area contributed by atoms with Crippen LogP contribution in [0.4, 0.5) is 0 Å². The first kappa shape index (κ1) is 56.7. The lowest BCUT2D eigenvalue weighted by Crippen LogP contribution is -2.45. The third-order valence-corrected chi connectivity index (χ3v) is 11.8. The Labute approximate surface area is 359 Å². The monoisotopic (exact) mass is 839 g/mol. The zero-order valence-electron chi connectivity index (χ0n) is 38.8. The third kappa shape index (κ3) is 42.8. The van der Waals surface area contributed by atoms with E-state index in [4.69, 9.17) is 9.05 Å². The number of phosphoric ester groups is 1. The second kappa shape index (κ2) is 41.1. The number of phosphoric acid groups is 1. The molecular formula is C49H95N2O6P. The van der Waals surface area contributed by atoms with E-state index in [2.05, 4.69) is 43.5 Å². The van der Waals surface area contributed by atoms with E-state index in [1.807, 2.05) is 27.2 Å². The Morgan fingerprint density at radius 3 is 1.47 bits per heavy atom. The Morgan fingerprint density at radius 2 is 1.00 bits per heavy atom. The lowest BCUT2D eigenvalue weighted by atomic mass is 10.0. The number of quaternary nitrogens is 1. The smallest absolute Gasteiger partial charge is 0.268 e. The lowest BCUT2D eigenvalue weighted by molar-refractivity contribution is -0.870. The Morgan fingerprint density at radius 1 is 0.603 bits per heavy atom. The maximum atomic E-state index is 12.9. The minimum Gasteiger partial charge on any atom is -0.756 e. The Balaban J connectivity index is 4.35. The van der Waals surface area contributed by atoms with Crippen molar-refractivity contribution in [1.29, 1.82) is 0 Å². The first-order valence-corrected chi connectivity index (χ1v) is 25.8. The van der Waals surface area contributed by atoms with Crippen LogP contribution in [0.25, 0.3) is 0 Å². The molecule has 0 aliphatic heterocycles. The highest BCUT2D eigenvalue weighted by atomic mass is 31.2. The van der Waals surface area contributed by atoms with Gasteiger partial charge in [-0.1, -0.05) is 198 Å². The van der Waals surface area contributed by atoms with Crippen LogP contribution in [0.2, 0.25) is 0 Å². The molecule has 0 aromatic rings. The van der Waals surface area contributed by atoms with Crippen LogP contribution < -0.4 is 10.2 Å². The summed E-state index contributed by atoms with van der Waals surface area (Å²) in [5.41, 5.74) is 0. The predicted molar refractivity (Wildman–Crippen MR) is 247 cm³/mol. The van der Waals surface area contributed by atoms with Gasteiger partial charge in [0.2, 0.25) is 5.91 Å². The van der Waals surface area contributed by atoms with Crippen LogP contribution in [0, 0.1) is 0 Å². The number of carbonyl (C=O) groups is 1. The topological polar surface area (TPSA) is 108 Å². The summed E-state index contributed by atoms with van der Waals surface area (Å²) in [5, 5.41) is 13.8. The van der Waals surface area contributed by atoms with Gasteiger partial charge in [-0.05, 0) is 51.4 Å². The van der Waals surface area contributed by atoms with Crippen LogP contribution in [0.1, 0.15) is 219 Å². The highest BCUT2D eigenvalue weighted by Crippen LogP contribution is 2.38. The molecule has 342 valence electrons. The molecule has 0 aromatic carbocycles. The summed E-state index contributed by atoms with van der Waals surface area (Å²) in [4.78, 5) is 25.3. The first-order chi connectivity index (χ1) is 28.0. The number of carbonyl (C=O) groups excluding carboxylic acids is 1. The van der Waals surface area contributed by atoms with Crippen molar-refractivity contribution < 1.29 is 32.9 Å². The Bertz CT molecular complexity index is 1040. The Kier molecular flexibility index (Phi) is 40.2. The number of likely N-dealkylation sites (N-methyl/N-ethyl adjacent to an activating group) is 1. The lowest BCUT2D eigenvalue weighted by Gasteiger charge is -2.29. The highest BCUT2D eigenvalue weighted by Gasteiger charge is 2.23. The molecule has 0 aliphatic carbocycles. The molecule has 8 nitrogen and oxygen atoms in total. The van der Waals surface area contributed by atoms with Crippen molar-refractivity contribution in [1.82, 2.24) is 5.32 Å². The van der Waals surface area contributed by atoms with Crippen molar-refractivity contribution in [2.24, 2.45) is 0 Å². The number of unbranched alkanes of at least 4 members (excludes halogenated alkanes) is 27. The molecule has 0 saturated heterocycles. The number of aliphatic hydroxyl groups excluding tert-OH is 1. The largest absolute Gasteiger partial charge is 0.756 e. The molecule has 0 radical (unpaired) electrons. The average Bonchev–Trinajstić information content (AvgIpc) is 3.17. The number of rotatable bonds is 44. The van der Waals surface area contributed by atoms with Crippen LogP contribution in [-0.4, -0.2) is 68.5 Å². The number of hydrogen-bond donors (Lipinski definition) is 2. The van der Waals surface area contributed by atoms with Gasteiger partial charge in [0.15, 0.2) is 0 Å². The summed E-state index contributed by atoms with van der Waals surface area (Å²) in [7, 11) is 1.25. The fraction of sp³-hybridized carbons (Fsp3) is 0.857. The van der Waals surface area contributed by atoms with Gasteiger partial charge in [-0.2, -0.15) is 0 Å². The standard InChI is InChI=1S/C49H95N2O6P/c1-6-8-10-12-14-16-18-20-22-23-24-25-26-27-29-30-32-34-36-38-40-42-48(52)47(46-57-58(54,55)56-45-44-51(3,4)5)50-49(53)43-41-39-37-35-33-31-28-21-19-17-15-13-11-9-7-2/h15,17,21,28,40,42,47-48,52H,6-14,16,18-20,22-27,29-39,41,43-46H2,1-5H3,(H-,50,53,54,55)/b17-15-,28-21-,42-40+. The molecule has 3 unspecified atom stereocenters. The number of nitrogens with zero attached hydrogens (tertiary/aromatic N) is 1. The summed E-state index contributed by atoms with van der Waals surface area (Å²) < 4.78 is 23.2. The number of allylic oxidation sites excluding steroid dienone is 5. The molecule has 0 spiro atoms. The van der Waals surface area contributed by atoms with Crippen LogP contribution in [0.15, 0.2) is 36.5 Å². The van der Waals surface area contributed by atoms with Crippen molar-refractivity contribution in [3.8, 4) is 0 Å². The van der Waals surface area contributed by atoms with Crippen molar-refractivity contribution in [2.45, 2.75) is 231 Å². The highest BCUT2D eigenvalue weighted by molar-refractivity contribution is 7.45. The summed E-state index contributed by atoms with van der Waals surface area (Å²) >= 11 is 0. The summed E-state index contributed by atoms with van der Waals surface area (Å²) in [6.45, 7) is 4.62. The van der Waals surface area contributed by atoms with Crippen molar-refractivity contribution in [2.75, 3.05) is 40.9 Å². The summed E-state index contributed by atoms with van der Waals surface area (Å²) in [5.74, 6) is -0.211. The number of aliphatic hydroxyl groups is 1. The molecule has 0 aromatic heterocycles. The molecule has 58 heavy (non-hydrogen) atoms. The van der Waals surface area contributed by atoms with Gasteiger partial charge < -0.3 is 28.8 Å². The van der Waals surface area contributed by atoms with Crippen LogP contribution in [0.5, 0.6) is 0 Å². The quantitative estimate of drug-likeness (QED) is 0.0274. The summed E-state index contributed by atoms with van der Waals surface area (Å²) in [6, 6.07) is -0.892. The van der Waals surface area contributed by atoms with Gasteiger partial charge in [-0.15, -0.1) is 0 Å². The van der Waals surface area contributed by atoms with Crippen LogP contribution in [0.3, 0.4) is 0 Å². The van der Waals surface area contributed by atoms with Gasteiger partial charge in [-0.3, -0.25) is 9.36 Å². The van der Waals surface area contributed by atoms with E-state index >= 15 is 0 Å². The fourth-order valence-electron chi connectivity index (χ4n) is 6.95. The number of hydrogen-bond acceptors (Lipinski definition) is 6. The van der Waals surface area contributed by atoms with Gasteiger partial charge >= 0.3 is 0 Å². The third-order valence-electron chi connectivity index (χ3n) is 10.8. The second-order valence-electron chi connectivity index (χ2n) is 17.8. The molecule has 3 atom stereocenters. The van der Waals surface area contributed by atoms with E-state index in [1.54, 1.807) is 6.08 Å². The first-order valence-electron chi connectivity index (χ1n) is 24.4. The van der Waals surface area contributed by atoms with Crippen molar-refractivity contribution >= 4 is 13.7 Å². The maximum Gasteiger partial charge on any atom is 0.268 e. The molecule has 1 amide bonds. The van der Waals surface area contributed by atoms with Crippen molar-refractivity contribution in [3.05, 3.63) is 36.5 Å². The van der Waals surface area contributed by atoms with Gasteiger partial charge in [0.05, 0.1) is 39.9 Å². The molecule has 0 saturated carbocycles. The summed E-state index contributed by atoms with van der Waals surface area (Å²) in [6.07, 6.45) is 50.5. The minimum atomic E-state index is -4.59. The van der Waals surface area contributed by atoms with E-state index in [0.29, 0.717) is 17.4 Å². The molecule has 0 fully saturated rings. The van der Waals surface area contributed by atoms with Crippen molar-refractivity contribution in [3.63, 3.8) is 0 Å². The maximum absolute atomic E-state index is 12.9. The average molecular weight is 839 g/mol. The van der Waals surface area contributed by atoms with E-state index in [9.17, 15) is 19.4 Å². The fourth-order valence-corrected chi connectivity index (χ4v) is 7.67. The van der Waals surface area contributed by atoms with Gasteiger partial charge in [0.25, 0.3) is 7.82 Å². The number of nitrogens with one attached hydrogen (secondary N) is 1. The van der Waals surface area contributed by atoms with Gasteiger partial charge in [-0.25, -0.2) is 0 Å². The second-order valence-corrected chi connectivity index (χ2v) is 19.2. The molecule has 9 heteroatoms. The molecule has 0 rings (SSSR count). The molecular weight excluding hydrogens is 744 g/mol. The van der Waals surface area contributed by atoms with E-state index < -0.39 is 20.0 Å². The zero-order valence-corrected chi connectivity index (χ0v) is 39.6. The van der Waals surface area contributed by atoms with E-state index in [0.717, 1.165) is 64.2 Å². The molecule has 0 aliphatic rings. The minimum absolute atomic E-state index is 0.00394. The van der Waals surface area contributed by atoms with Gasteiger partial charge in [0, 0.05) is 6.42 Å². The SMILES string of the molecule is CCCCC/C=C\C/C=C\CCCCCCCC(=O)NC(COP(=O)([O-])OCC[N+](C)(C)C)C(O)/C=C/CCCCCCCCCCCCCCCCCCCCC. The molecule has 0 bridgehead atoms. The normalized spacial score (nSPS) is 14.5. The number of amides is 1. The van der Waals surface area contributed by atoms with Crippen LogP contribution >= 0.6 is 7.82 Å². The van der Waals surface area contributed by atoms with Crippen LogP contribution in [-0.2, 0) is 18.4 Å². The zero-order chi connectivity index (χ0) is 42.8. The molecule has 0 heterocycles. The van der Waals surface area contributed by atoms with E-state index in [1.165, 1.54) is 135 Å². The van der Waals surface area contributed by atoms with E-state index in [-0.39, 0.29) is 19.1 Å². The molecule has 2 N–H and O–H groups in total.